The molecule has 0 saturated carbocycles. The van der Waals surface area contributed by atoms with Crippen LogP contribution in [0.3, 0.4) is 0 Å². The number of rotatable bonds is 75. The van der Waals surface area contributed by atoms with Crippen LogP contribution >= 0.6 is 15.6 Å². The average molecular weight is 1430 g/mol. The molecule has 2 unspecified atom stereocenters. The number of allylic oxidation sites excluding steroid dienone is 10. The van der Waals surface area contributed by atoms with Crippen LogP contribution in [-0.4, -0.2) is 96.7 Å². The Labute approximate surface area is 597 Å². The van der Waals surface area contributed by atoms with E-state index in [0.717, 1.165) is 109 Å². The highest BCUT2D eigenvalue weighted by Crippen LogP contribution is 2.45. The predicted octanol–water partition coefficient (Wildman–Crippen LogP) is 22.7. The quantitative estimate of drug-likeness (QED) is 0.0169. The minimum absolute atomic E-state index is 0.0224. The van der Waals surface area contributed by atoms with Gasteiger partial charge in [0.15, 0.2) is 12.2 Å². The lowest BCUT2D eigenvalue weighted by Crippen LogP contribution is -2.30. The maximum atomic E-state index is 13.1. The van der Waals surface area contributed by atoms with Crippen molar-refractivity contribution in [1.29, 1.82) is 0 Å². The van der Waals surface area contributed by atoms with Crippen molar-refractivity contribution >= 4 is 39.5 Å². The van der Waals surface area contributed by atoms with E-state index in [2.05, 4.69) is 76.3 Å². The zero-order valence-corrected chi connectivity index (χ0v) is 64.3. The molecule has 0 aliphatic heterocycles. The summed E-state index contributed by atoms with van der Waals surface area (Å²) in [6, 6.07) is 0. The molecule has 0 radical (unpaired) electrons. The predicted molar refractivity (Wildman–Crippen MR) is 400 cm³/mol. The second-order valence-electron chi connectivity index (χ2n) is 26.7. The fourth-order valence-corrected chi connectivity index (χ4v) is 12.5. The van der Waals surface area contributed by atoms with Crippen LogP contribution in [0.15, 0.2) is 60.8 Å². The van der Waals surface area contributed by atoms with Gasteiger partial charge in [0, 0.05) is 25.7 Å². The Balaban J connectivity index is 5.36. The van der Waals surface area contributed by atoms with Crippen LogP contribution in [-0.2, 0) is 65.4 Å². The number of phosphoric ester groups is 2. The fourth-order valence-electron chi connectivity index (χ4n) is 10.9. The van der Waals surface area contributed by atoms with Gasteiger partial charge in [-0.2, -0.15) is 0 Å². The molecule has 3 N–H and O–H groups in total. The number of aliphatic hydroxyl groups excluding tert-OH is 1. The molecule has 0 fully saturated rings. The standard InChI is InChI=1S/C79H144O17P2/c1-5-9-13-17-21-25-29-33-35-36-38-42-46-50-54-58-62-66-79(84)96-75(70-90-77(82)64-60-56-52-48-44-41-37-34-30-26-22-18-14-10-6-2)72-94-98(87,88)92-68-73(80)67-91-97(85,86)93-71-74(95-78(83)65-61-57-53-49-45-40-32-28-24-20-16-12-8-4)69-89-76(81)63-59-55-51-47-43-39-31-27-23-19-15-11-7-3/h21,25-26,30,33,35,38,42,50,54,73-75,80H,5-20,22-24,27-29,31-32,34,36-37,39-41,43-49,51-53,55-72H2,1-4H3,(H,85,86)(H,87,88)/b25-21-,30-26-,35-33-,42-38-,54-50-/t73-,74+,75+/m0/s1. The Morgan fingerprint density at radius 1 is 0.286 bits per heavy atom. The average Bonchev–Trinajstić information content (AvgIpc) is 1.02. The number of carbonyl (C=O) groups is 4. The van der Waals surface area contributed by atoms with Crippen LogP contribution in [0.4, 0.5) is 0 Å². The molecule has 0 saturated heterocycles. The van der Waals surface area contributed by atoms with Crippen LogP contribution in [0.2, 0.25) is 0 Å². The number of hydrogen-bond donors (Lipinski definition) is 3. The summed E-state index contributed by atoms with van der Waals surface area (Å²) in [5, 5.41) is 10.6. The molecule has 0 heterocycles. The molecule has 0 aliphatic carbocycles. The minimum atomic E-state index is -4.98. The summed E-state index contributed by atoms with van der Waals surface area (Å²) in [5.41, 5.74) is 0. The van der Waals surface area contributed by atoms with Crippen molar-refractivity contribution in [1.82, 2.24) is 0 Å². The summed E-state index contributed by atoms with van der Waals surface area (Å²) in [5.74, 6) is -2.21. The second kappa shape index (κ2) is 72.1. The van der Waals surface area contributed by atoms with Gasteiger partial charge in [-0.25, -0.2) is 9.13 Å². The van der Waals surface area contributed by atoms with Gasteiger partial charge in [0.05, 0.1) is 26.4 Å². The first-order valence-corrected chi connectivity index (χ1v) is 42.5. The van der Waals surface area contributed by atoms with Crippen molar-refractivity contribution in [2.75, 3.05) is 39.6 Å². The van der Waals surface area contributed by atoms with Gasteiger partial charge < -0.3 is 33.8 Å². The van der Waals surface area contributed by atoms with Crippen molar-refractivity contribution < 1.29 is 80.2 Å². The Morgan fingerprint density at radius 2 is 0.510 bits per heavy atom. The summed E-state index contributed by atoms with van der Waals surface area (Å²) in [6.07, 6.45) is 70.6. The number of aliphatic hydroxyl groups is 1. The number of ether oxygens (including phenoxy) is 4. The van der Waals surface area contributed by atoms with Gasteiger partial charge in [-0.1, -0.05) is 307 Å². The van der Waals surface area contributed by atoms with E-state index in [1.165, 1.54) is 167 Å². The summed E-state index contributed by atoms with van der Waals surface area (Å²) >= 11 is 0. The largest absolute Gasteiger partial charge is 0.472 e. The third-order valence-corrected chi connectivity index (χ3v) is 18.9. The van der Waals surface area contributed by atoms with Crippen molar-refractivity contribution in [2.45, 2.75) is 380 Å². The lowest BCUT2D eigenvalue weighted by Gasteiger charge is -2.21. The smallest absolute Gasteiger partial charge is 0.462 e. The van der Waals surface area contributed by atoms with Crippen LogP contribution < -0.4 is 0 Å². The normalized spacial score (nSPS) is 14.2. The van der Waals surface area contributed by atoms with Crippen molar-refractivity contribution in [2.24, 2.45) is 0 Å². The fraction of sp³-hybridized carbons (Fsp3) is 0.823. The third-order valence-electron chi connectivity index (χ3n) is 17.0. The van der Waals surface area contributed by atoms with Crippen LogP contribution in [0.25, 0.3) is 0 Å². The Morgan fingerprint density at radius 3 is 0.847 bits per heavy atom. The number of carbonyl (C=O) groups excluding carboxylic acids is 4. The molecule has 98 heavy (non-hydrogen) atoms. The van der Waals surface area contributed by atoms with Crippen LogP contribution in [0, 0.1) is 0 Å². The first-order valence-electron chi connectivity index (χ1n) is 39.5. The molecule has 0 rings (SSSR count). The summed E-state index contributed by atoms with van der Waals surface area (Å²) in [6.45, 7) is 4.83. The number of esters is 4. The SMILES string of the molecule is CCCCC/C=C\C/C=C\C/C=C\C/C=C\CCCC(=O)O[C@H](COC(=O)CCCCCCCCC/C=C\CCCCCC)COP(=O)(O)OC[C@@H](O)COP(=O)(O)OC[C@@H](COC(=O)CCCCCCCCCCCCCCC)OC(=O)CCCCCCCCCCCCCCC. The van der Waals surface area contributed by atoms with E-state index in [-0.39, 0.29) is 25.7 Å². The van der Waals surface area contributed by atoms with Gasteiger partial charge in [0.2, 0.25) is 0 Å². The van der Waals surface area contributed by atoms with Gasteiger partial charge in [0.25, 0.3) is 0 Å². The van der Waals surface area contributed by atoms with E-state index < -0.39 is 97.5 Å². The number of phosphoric acid groups is 2. The molecule has 572 valence electrons. The molecule has 5 atom stereocenters. The van der Waals surface area contributed by atoms with E-state index in [4.69, 9.17) is 37.0 Å². The van der Waals surface area contributed by atoms with E-state index in [1.807, 2.05) is 12.2 Å². The molecule has 0 aromatic carbocycles. The van der Waals surface area contributed by atoms with Gasteiger partial charge in [-0.15, -0.1) is 0 Å². The number of unbranched alkanes of at least 4 members (excludes halogenated alkanes) is 39. The molecule has 0 aliphatic rings. The summed E-state index contributed by atoms with van der Waals surface area (Å²) < 4.78 is 68.5. The Bertz CT molecular complexity index is 2100. The molecule has 0 bridgehead atoms. The first-order chi connectivity index (χ1) is 47.7. The molecule has 0 aromatic heterocycles. The van der Waals surface area contributed by atoms with Crippen molar-refractivity contribution in [3.8, 4) is 0 Å². The lowest BCUT2D eigenvalue weighted by molar-refractivity contribution is -0.161. The maximum absolute atomic E-state index is 13.1. The molecule has 0 spiro atoms. The maximum Gasteiger partial charge on any atom is 0.472 e. The highest BCUT2D eigenvalue weighted by Gasteiger charge is 2.30. The monoisotopic (exact) mass is 1430 g/mol. The molecule has 17 nitrogen and oxygen atoms in total. The highest BCUT2D eigenvalue weighted by molar-refractivity contribution is 7.47. The third kappa shape index (κ3) is 71.2. The van der Waals surface area contributed by atoms with Gasteiger partial charge in [-0.05, 0) is 89.9 Å². The van der Waals surface area contributed by atoms with Gasteiger partial charge in [0.1, 0.15) is 19.3 Å². The summed E-state index contributed by atoms with van der Waals surface area (Å²) in [7, 11) is -9.95. The zero-order valence-electron chi connectivity index (χ0n) is 62.5. The molecular weight excluding hydrogens is 1280 g/mol. The summed E-state index contributed by atoms with van der Waals surface area (Å²) in [4.78, 5) is 72.9. The first kappa shape index (κ1) is 94.8. The van der Waals surface area contributed by atoms with E-state index in [0.29, 0.717) is 32.1 Å². The lowest BCUT2D eigenvalue weighted by atomic mass is 10.0. The van der Waals surface area contributed by atoms with Gasteiger partial charge >= 0.3 is 39.5 Å². The minimum Gasteiger partial charge on any atom is -0.462 e. The second-order valence-corrected chi connectivity index (χ2v) is 29.6. The van der Waals surface area contributed by atoms with E-state index in [9.17, 15) is 43.2 Å². The van der Waals surface area contributed by atoms with E-state index in [1.54, 1.807) is 0 Å². The van der Waals surface area contributed by atoms with Crippen LogP contribution in [0.1, 0.15) is 362 Å². The zero-order chi connectivity index (χ0) is 71.8. The molecule has 0 amide bonds. The Kier molecular flexibility index (Phi) is 69.7. The topological polar surface area (TPSA) is 237 Å². The molecular formula is C79H144O17P2. The molecule has 0 aromatic rings. The Hall–Kier alpha value is -3.24. The van der Waals surface area contributed by atoms with E-state index >= 15 is 0 Å². The van der Waals surface area contributed by atoms with Crippen molar-refractivity contribution in [3.63, 3.8) is 0 Å². The molecule has 19 heteroatoms. The van der Waals surface area contributed by atoms with Gasteiger partial charge in [-0.3, -0.25) is 37.3 Å². The van der Waals surface area contributed by atoms with Crippen LogP contribution in [0.5, 0.6) is 0 Å². The highest BCUT2D eigenvalue weighted by atomic mass is 31.2. The number of hydrogen-bond acceptors (Lipinski definition) is 15. The van der Waals surface area contributed by atoms with Crippen molar-refractivity contribution in [3.05, 3.63) is 60.8 Å².